The minimum absolute atomic E-state index is 0.0835. The molecule has 0 atom stereocenters. The molecular formula is C16H13N3O6. The van der Waals surface area contributed by atoms with Crippen molar-refractivity contribution in [2.24, 2.45) is 4.99 Å². The first-order chi connectivity index (χ1) is 11.9. The number of carbonyl (C=O) groups is 1. The first kappa shape index (κ1) is 17.7. The molecule has 2 rings (SSSR count). The van der Waals surface area contributed by atoms with Crippen LogP contribution >= 0.6 is 0 Å². The Morgan fingerprint density at radius 1 is 0.920 bits per heavy atom. The molecule has 0 saturated heterocycles. The molecule has 0 saturated carbocycles. The van der Waals surface area contributed by atoms with Gasteiger partial charge in [-0.25, -0.2) is 0 Å². The van der Waals surface area contributed by atoms with E-state index in [1.165, 1.54) is 55.6 Å². The lowest BCUT2D eigenvalue weighted by atomic mass is 10.0. The quantitative estimate of drug-likeness (QED) is 0.343. The predicted molar refractivity (Wildman–Crippen MR) is 88.7 cm³/mol. The lowest BCUT2D eigenvalue weighted by Gasteiger charge is -2.07. The molecule has 0 aliphatic rings. The van der Waals surface area contributed by atoms with Crippen LogP contribution in [-0.2, 0) is 9.53 Å². The Morgan fingerprint density at radius 3 is 1.64 bits per heavy atom. The largest absolute Gasteiger partial charge is 0.468 e. The number of rotatable bonds is 6. The van der Waals surface area contributed by atoms with E-state index in [1.54, 1.807) is 0 Å². The normalized spacial score (nSPS) is 9.96. The molecule has 128 valence electrons. The Bertz CT molecular complexity index is 768. The highest BCUT2D eigenvalue weighted by molar-refractivity contribution is 6.13. The van der Waals surface area contributed by atoms with E-state index in [4.69, 9.17) is 0 Å². The molecule has 9 heteroatoms. The summed E-state index contributed by atoms with van der Waals surface area (Å²) in [5.41, 5.74) is 1.27. The average Bonchev–Trinajstić information content (AvgIpc) is 2.62. The van der Waals surface area contributed by atoms with E-state index in [1.807, 2.05) is 0 Å². The monoisotopic (exact) mass is 343 g/mol. The highest BCUT2D eigenvalue weighted by Gasteiger charge is 2.13. The smallest absolute Gasteiger partial charge is 0.327 e. The first-order valence-electron chi connectivity index (χ1n) is 7.03. The van der Waals surface area contributed by atoms with E-state index in [9.17, 15) is 25.0 Å². The van der Waals surface area contributed by atoms with Crippen LogP contribution < -0.4 is 0 Å². The van der Waals surface area contributed by atoms with Gasteiger partial charge < -0.3 is 4.74 Å². The number of nitro groups is 2. The van der Waals surface area contributed by atoms with Crippen molar-refractivity contribution in [3.05, 3.63) is 79.9 Å². The Morgan fingerprint density at radius 2 is 1.32 bits per heavy atom. The molecule has 0 bridgehead atoms. The Hall–Kier alpha value is -3.62. The third-order valence-corrected chi connectivity index (χ3v) is 3.30. The lowest BCUT2D eigenvalue weighted by Crippen LogP contribution is -2.10. The SMILES string of the molecule is COC(=O)CN=C(c1ccc([N+](=O)[O-])cc1)c1ccc([N+](=O)[O-])cc1. The van der Waals surface area contributed by atoms with Crippen molar-refractivity contribution in [3.63, 3.8) is 0 Å². The van der Waals surface area contributed by atoms with Gasteiger partial charge in [-0.2, -0.15) is 0 Å². The number of methoxy groups -OCH3 is 1. The van der Waals surface area contributed by atoms with Crippen LogP contribution in [0.4, 0.5) is 11.4 Å². The molecule has 0 N–H and O–H groups in total. The van der Waals surface area contributed by atoms with Crippen molar-refractivity contribution < 1.29 is 19.4 Å². The van der Waals surface area contributed by atoms with E-state index < -0.39 is 15.8 Å². The summed E-state index contributed by atoms with van der Waals surface area (Å²) in [6.07, 6.45) is 0. The van der Waals surface area contributed by atoms with Crippen LogP contribution in [0, 0.1) is 20.2 Å². The minimum Gasteiger partial charge on any atom is -0.468 e. The molecule has 0 spiro atoms. The zero-order valence-electron chi connectivity index (χ0n) is 13.1. The summed E-state index contributed by atoms with van der Waals surface area (Å²) < 4.78 is 4.55. The van der Waals surface area contributed by atoms with E-state index >= 15 is 0 Å². The molecule has 0 amide bonds. The minimum atomic E-state index is -0.554. The molecule has 0 radical (unpaired) electrons. The summed E-state index contributed by atoms with van der Waals surface area (Å²) in [5, 5.41) is 21.5. The highest BCUT2D eigenvalue weighted by atomic mass is 16.6. The number of esters is 1. The fourth-order valence-electron chi connectivity index (χ4n) is 2.04. The maximum Gasteiger partial charge on any atom is 0.327 e. The van der Waals surface area contributed by atoms with Crippen molar-refractivity contribution in [1.82, 2.24) is 0 Å². The first-order valence-corrected chi connectivity index (χ1v) is 7.03. The maximum atomic E-state index is 11.4. The number of aliphatic imine (C=N–C) groups is 1. The van der Waals surface area contributed by atoms with Crippen LogP contribution in [0.2, 0.25) is 0 Å². The zero-order chi connectivity index (χ0) is 18.4. The Kier molecular flexibility index (Phi) is 5.51. The number of benzene rings is 2. The molecule has 0 aliphatic heterocycles. The van der Waals surface area contributed by atoms with Crippen LogP contribution in [0.3, 0.4) is 0 Å². The van der Waals surface area contributed by atoms with Gasteiger partial charge in [0.05, 0.1) is 22.7 Å². The van der Waals surface area contributed by atoms with Crippen LogP contribution in [0.15, 0.2) is 53.5 Å². The number of hydrogen-bond acceptors (Lipinski definition) is 7. The molecule has 0 heterocycles. The van der Waals surface area contributed by atoms with Gasteiger partial charge in [0.1, 0.15) is 6.54 Å². The highest BCUT2D eigenvalue weighted by Crippen LogP contribution is 2.19. The van der Waals surface area contributed by atoms with Gasteiger partial charge in [0, 0.05) is 35.4 Å². The van der Waals surface area contributed by atoms with Crippen molar-refractivity contribution in [2.75, 3.05) is 13.7 Å². The van der Waals surface area contributed by atoms with Crippen molar-refractivity contribution in [3.8, 4) is 0 Å². The summed E-state index contributed by atoms with van der Waals surface area (Å²) in [7, 11) is 1.23. The second-order valence-corrected chi connectivity index (χ2v) is 4.85. The number of non-ortho nitro benzene ring substituents is 2. The molecule has 2 aromatic rings. The molecule has 2 aromatic carbocycles. The summed E-state index contributed by atoms with van der Waals surface area (Å²) >= 11 is 0. The lowest BCUT2D eigenvalue weighted by molar-refractivity contribution is -0.385. The van der Waals surface area contributed by atoms with Gasteiger partial charge in [0.2, 0.25) is 0 Å². The van der Waals surface area contributed by atoms with E-state index in [0.717, 1.165) is 0 Å². The van der Waals surface area contributed by atoms with Crippen molar-refractivity contribution in [1.29, 1.82) is 0 Å². The number of ether oxygens (including phenoxy) is 1. The fourth-order valence-corrected chi connectivity index (χ4v) is 2.04. The summed E-state index contributed by atoms with van der Waals surface area (Å²) in [5.74, 6) is -0.554. The van der Waals surface area contributed by atoms with Crippen LogP contribution in [0.25, 0.3) is 0 Å². The van der Waals surface area contributed by atoms with Crippen LogP contribution in [0.5, 0.6) is 0 Å². The third kappa shape index (κ3) is 4.44. The van der Waals surface area contributed by atoms with E-state index in [2.05, 4.69) is 9.73 Å². The van der Waals surface area contributed by atoms with Crippen molar-refractivity contribution in [2.45, 2.75) is 0 Å². The number of nitrogens with zero attached hydrogens (tertiary/aromatic N) is 3. The zero-order valence-corrected chi connectivity index (χ0v) is 13.1. The molecule has 0 aromatic heterocycles. The van der Waals surface area contributed by atoms with Gasteiger partial charge in [-0.1, -0.05) is 0 Å². The van der Waals surface area contributed by atoms with Gasteiger partial charge in [0.25, 0.3) is 11.4 Å². The second-order valence-electron chi connectivity index (χ2n) is 4.85. The molecule has 25 heavy (non-hydrogen) atoms. The second kappa shape index (κ2) is 7.77. The maximum absolute atomic E-state index is 11.4. The Labute approximate surface area is 141 Å². The summed E-state index contributed by atoms with van der Waals surface area (Å²) in [6, 6.07) is 11.2. The molecule has 0 unspecified atom stereocenters. The van der Waals surface area contributed by atoms with Crippen LogP contribution in [0.1, 0.15) is 11.1 Å². The molecule has 9 nitrogen and oxygen atoms in total. The van der Waals surface area contributed by atoms with Crippen molar-refractivity contribution >= 4 is 23.1 Å². The molecule has 0 fully saturated rings. The Balaban J connectivity index is 2.43. The van der Waals surface area contributed by atoms with Gasteiger partial charge in [-0.05, 0) is 24.3 Å². The van der Waals surface area contributed by atoms with Gasteiger partial charge in [-0.3, -0.25) is 30.0 Å². The number of hydrogen-bond donors (Lipinski definition) is 0. The van der Waals surface area contributed by atoms with Gasteiger partial charge >= 0.3 is 5.97 Å². The van der Waals surface area contributed by atoms with Gasteiger partial charge in [0.15, 0.2) is 0 Å². The third-order valence-electron chi connectivity index (χ3n) is 3.30. The van der Waals surface area contributed by atoms with Gasteiger partial charge in [-0.15, -0.1) is 0 Å². The number of carbonyl (C=O) groups excluding carboxylic acids is 1. The van der Waals surface area contributed by atoms with Crippen LogP contribution in [-0.4, -0.2) is 35.2 Å². The van der Waals surface area contributed by atoms with E-state index in [0.29, 0.717) is 16.8 Å². The van der Waals surface area contributed by atoms with E-state index in [-0.39, 0.29) is 17.9 Å². The topological polar surface area (TPSA) is 125 Å². The summed E-state index contributed by atoms with van der Waals surface area (Å²) in [6.45, 7) is -0.250. The predicted octanol–water partition coefficient (Wildman–Crippen LogP) is 2.51. The summed E-state index contributed by atoms with van der Waals surface area (Å²) in [4.78, 5) is 36.0. The molecular weight excluding hydrogens is 330 g/mol. The molecule has 0 aliphatic carbocycles. The fraction of sp³-hybridized carbons (Fsp3) is 0.125. The standard InChI is InChI=1S/C16H13N3O6/c1-25-15(20)10-17-16(11-2-6-13(7-3-11)18(21)22)12-4-8-14(9-5-12)19(23)24/h2-9H,10H2,1H3. The number of nitro benzene ring substituents is 2. The average molecular weight is 343 g/mol.